The summed E-state index contributed by atoms with van der Waals surface area (Å²) in [4.78, 5) is 14.1. The third kappa shape index (κ3) is 4.26. The third-order valence-corrected chi connectivity index (χ3v) is 3.58. The van der Waals surface area contributed by atoms with Crippen LogP contribution in [0.1, 0.15) is 17.3 Å². The Balaban J connectivity index is 1.73. The van der Waals surface area contributed by atoms with Gasteiger partial charge in [0.1, 0.15) is 17.3 Å². The minimum absolute atomic E-state index is 0.162. The van der Waals surface area contributed by atoms with E-state index in [2.05, 4.69) is 15.9 Å². The quantitative estimate of drug-likeness (QED) is 0.596. The molecule has 0 aromatic carbocycles. The number of halogens is 1. The summed E-state index contributed by atoms with van der Waals surface area (Å²) in [6.07, 6.45) is 6.27. The van der Waals surface area contributed by atoms with Crippen LogP contribution in [0.2, 0.25) is 0 Å². The minimum atomic E-state index is -0.162. The average Bonchev–Trinajstić information content (AvgIpc) is 3.27. The molecule has 0 aliphatic rings. The predicted octanol–water partition coefficient (Wildman–Crippen LogP) is 4.47. The first-order chi connectivity index (χ1) is 11.2. The molecule has 23 heavy (non-hydrogen) atoms. The fourth-order valence-corrected chi connectivity index (χ4v) is 2.39. The van der Waals surface area contributed by atoms with E-state index in [1.54, 1.807) is 47.8 Å². The minimum Gasteiger partial charge on any atom is -0.467 e. The first-order valence-corrected chi connectivity index (χ1v) is 7.77. The highest BCUT2D eigenvalue weighted by Gasteiger charge is 2.15. The topological polar surface area (TPSA) is 59.7 Å². The van der Waals surface area contributed by atoms with Gasteiger partial charge in [-0.2, -0.15) is 0 Å². The summed E-state index contributed by atoms with van der Waals surface area (Å²) in [7, 11) is 0. The molecule has 0 aliphatic heterocycles. The summed E-state index contributed by atoms with van der Waals surface area (Å²) in [6, 6.07) is 10.8. The zero-order valence-corrected chi connectivity index (χ0v) is 13.7. The standard InChI is InChI=1S/C17H14BrNO4/c18-16-7-5-13(23-16)6-8-17(20)19(11-14-3-1-9-21-14)12-15-4-2-10-22-15/h1-10H,11-12H2/b8-6-. The van der Waals surface area contributed by atoms with Gasteiger partial charge in [-0.3, -0.25) is 4.79 Å². The number of hydrogen-bond donors (Lipinski definition) is 0. The molecule has 5 nitrogen and oxygen atoms in total. The second kappa shape index (κ2) is 7.19. The molecule has 0 bridgehead atoms. The fourth-order valence-electron chi connectivity index (χ4n) is 2.07. The molecule has 0 fully saturated rings. The normalized spacial score (nSPS) is 11.2. The summed E-state index contributed by atoms with van der Waals surface area (Å²) < 4.78 is 16.6. The number of carbonyl (C=O) groups excluding carboxylic acids is 1. The van der Waals surface area contributed by atoms with Gasteiger partial charge in [0, 0.05) is 6.08 Å². The Hall–Kier alpha value is -2.47. The largest absolute Gasteiger partial charge is 0.467 e. The maximum absolute atomic E-state index is 12.5. The van der Waals surface area contributed by atoms with Crippen LogP contribution in [0.5, 0.6) is 0 Å². The Bertz CT molecular complexity index is 735. The average molecular weight is 376 g/mol. The van der Waals surface area contributed by atoms with Crippen LogP contribution in [0.25, 0.3) is 6.08 Å². The second-order valence-corrected chi connectivity index (χ2v) is 5.61. The van der Waals surface area contributed by atoms with Gasteiger partial charge in [0.15, 0.2) is 4.67 Å². The molecule has 1 amide bonds. The molecule has 6 heteroatoms. The van der Waals surface area contributed by atoms with E-state index >= 15 is 0 Å². The molecule has 3 aromatic heterocycles. The van der Waals surface area contributed by atoms with Crippen molar-refractivity contribution < 1.29 is 18.0 Å². The summed E-state index contributed by atoms with van der Waals surface area (Å²) >= 11 is 3.23. The van der Waals surface area contributed by atoms with Crippen molar-refractivity contribution >= 4 is 27.9 Å². The molecule has 0 aliphatic carbocycles. The lowest BCUT2D eigenvalue weighted by atomic mass is 10.3. The van der Waals surface area contributed by atoms with Crippen LogP contribution in [0, 0.1) is 0 Å². The number of furan rings is 3. The van der Waals surface area contributed by atoms with E-state index < -0.39 is 0 Å². The summed E-state index contributed by atoms with van der Waals surface area (Å²) in [5.74, 6) is 1.85. The van der Waals surface area contributed by atoms with Gasteiger partial charge in [0.05, 0.1) is 25.6 Å². The van der Waals surface area contributed by atoms with Crippen LogP contribution < -0.4 is 0 Å². The summed E-state index contributed by atoms with van der Waals surface area (Å²) in [5, 5.41) is 0. The number of amides is 1. The van der Waals surface area contributed by atoms with Crippen molar-refractivity contribution in [2.45, 2.75) is 13.1 Å². The van der Waals surface area contributed by atoms with Crippen LogP contribution in [-0.2, 0) is 17.9 Å². The van der Waals surface area contributed by atoms with Gasteiger partial charge in [-0.25, -0.2) is 0 Å². The van der Waals surface area contributed by atoms with Crippen molar-refractivity contribution in [3.05, 3.63) is 77.0 Å². The molecule has 0 atom stereocenters. The Morgan fingerprint density at radius 3 is 2.17 bits per heavy atom. The highest BCUT2D eigenvalue weighted by Crippen LogP contribution is 2.16. The molecule has 0 spiro atoms. The number of nitrogens with zero attached hydrogens (tertiary/aromatic N) is 1. The molecule has 0 saturated carbocycles. The Morgan fingerprint density at radius 2 is 1.70 bits per heavy atom. The van der Waals surface area contributed by atoms with Crippen molar-refractivity contribution in [3.8, 4) is 0 Å². The first-order valence-electron chi connectivity index (χ1n) is 6.98. The van der Waals surface area contributed by atoms with Crippen molar-refractivity contribution in [1.82, 2.24) is 4.90 Å². The highest BCUT2D eigenvalue weighted by molar-refractivity contribution is 9.10. The van der Waals surface area contributed by atoms with Gasteiger partial charge in [0.25, 0.3) is 0 Å². The van der Waals surface area contributed by atoms with Gasteiger partial charge in [0.2, 0.25) is 5.91 Å². The molecule has 0 N–H and O–H groups in total. The maximum atomic E-state index is 12.5. The van der Waals surface area contributed by atoms with Crippen LogP contribution in [-0.4, -0.2) is 10.8 Å². The SMILES string of the molecule is O=C(/C=C\c1ccc(Br)o1)N(Cc1ccco1)Cc1ccco1. The zero-order valence-electron chi connectivity index (χ0n) is 12.1. The van der Waals surface area contributed by atoms with E-state index in [0.29, 0.717) is 35.0 Å². The van der Waals surface area contributed by atoms with Crippen molar-refractivity contribution in [1.29, 1.82) is 0 Å². The monoisotopic (exact) mass is 375 g/mol. The smallest absolute Gasteiger partial charge is 0.247 e. The van der Waals surface area contributed by atoms with E-state index in [1.807, 2.05) is 12.1 Å². The van der Waals surface area contributed by atoms with Gasteiger partial charge in [-0.15, -0.1) is 0 Å². The zero-order chi connectivity index (χ0) is 16.1. The third-order valence-electron chi connectivity index (χ3n) is 3.15. The molecule has 3 rings (SSSR count). The molecular weight excluding hydrogens is 362 g/mol. The van der Waals surface area contributed by atoms with E-state index in [0.717, 1.165) is 0 Å². The van der Waals surface area contributed by atoms with Gasteiger partial charge in [-0.05, 0) is 58.4 Å². The lowest BCUT2D eigenvalue weighted by Crippen LogP contribution is -2.28. The molecule has 3 aromatic rings. The Labute approximate surface area is 141 Å². The number of carbonyl (C=O) groups is 1. The highest BCUT2D eigenvalue weighted by atomic mass is 79.9. The van der Waals surface area contributed by atoms with E-state index in [1.165, 1.54) is 6.08 Å². The Kier molecular flexibility index (Phi) is 4.83. The lowest BCUT2D eigenvalue weighted by Gasteiger charge is -2.18. The molecule has 3 heterocycles. The first kappa shape index (κ1) is 15.4. The Morgan fingerprint density at radius 1 is 1.04 bits per heavy atom. The second-order valence-electron chi connectivity index (χ2n) is 4.83. The fraction of sp³-hybridized carbons (Fsp3) is 0.118. The molecule has 0 radical (unpaired) electrons. The van der Waals surface area contributed by atoms with Gasteiger partial charge in [-0.1, -0.05) is 0 Å². The molecule has 0 saturated heterocycles. The summed E-state index contributed by atoms with van der Waals surface area (Å²) in [6.45, 7) is 0.720. The van der Waals surface area contributed by atoms with Crippen LogP contribution in [0.15, 0.2) is 72.9 Å². The van der Waals surface area contributed by atoms with E-state index in [4.69, 9.17) is 13.3 Å². The van der Waals surface area contributed by atoms with Crippen molar-refractivity contribution in [2.24, 2.45) is 0 Å². The van der Waals surface area contributed by atoms with Crippen LogP contribution >= 0.6 is 15.9 Å². The van der Waals surface area contributed by atoms with E-state index in [9.17, 15) is 4.79 Å². The van der Waals surface area contributed by atoms with Crippen LogP contribution in [0.4, 0.5) is 0 Å². The molecular formula is C17H14BrNO4. The molecule has 0 unspecified atom stereocenters. The number of hydrogen-bond acceptors (Lipinski definition) is 4. The lowest BCUT2D eigenvalue weighted by molar-refractivity contribution is -0.127. The van der Waals surface area contributed by atoms with Crippen molar-refractivity contribution in [3.63, 3.8) is 0 Å². The van der Waals surface area contributed by atoms with Crippen molar-refractivity contribution in [2.75, 3.05) is 0 Å². The van der Waals surface area contributed by atoms with Gasteiger partial charge < -0.3 is 18.2 Å². The van der Waals surface area contributed by atoms with Gasteiger partial charge >= 0.3 is 0 Å². The number of rotatable bonds is 6. The maximum Gasteiger partial charge on any atom is 0.247 e. The summed E-state index contributed by atoms with van der Waals surface area (Å²) in [5.41, 5.74) is 0. The van der Waals surface area contributed by atoms with E-state index in [-0.39, 0.29) is 5.91 Å². The predicted molar refractivity (Wildman–Crippen MR) is 87.1 cm³/mol. The van der Waals surface area contributed by atoms with Crippen LogP contribution in [0.3, 0.4) is 0 Å². The molecule has 118 valence electrons.